The van der Waals surface area contributed by atoms with E-state index in [1.165, 1.54) is 6.20 Å². The van der Waals surface area contributed by atoms with Crippen molar-refractivity contribution in [3.8, 4) is 0 Å². The number of nitrogens with zero attached hydrogens (tertiary/aromatic N) is 3. The van der Waals surface area contributed by atoms with Crippen LogP contribution >= 0.6 is 11.6 Å². The van der Waals surface area contributed by atoms with Gasteiger partial charge in [0.1, 0.15) is 11.0 Å². The first-order valence-corrected chi connectivity index (χ1v) is 8.67. The van der Waals surface area contributed by atoms with Gasteiger partial charge >= 0.3 is 0 Å². The van der Waals surface area contributed by atoms with Crippen molar-refractivity contribution in [2.45, 2.75) is 37.0 Å². The molecule has 1 saturated carbocycles. The van der Waals surface area contributed by atoms with E-state index in [1.807, 2.05) is 0 Å². The Morgan fingerprint density at radius 2 is 1.90 bits per heavy atom. The quantitative estimate of drug-likeness (QED) is 0.911. The van der Waals surface area contributed by atoms with Crippen LogP contribution in [0.2, 0.25) is 5.15 Å². The van der Waals surface area contributed by atoms with Gasteiger partial charge in [0.2, 0.25) is 10.0 Å². The number of halogens is 1. The molecule has 0 radical (unpaired) electrons. The molecule has 2 aliphatic rings. The van der Waals surface area contributed by atoms with E-state index >= 15 is 0 Å². The molecule has 20 heavy (non-hydrogen) atoms. The Kier molecular flexibility index (Phi) is 3.83. The Balaban J connectivity index is 1.56. The molecule has 0 atom stereocenters. The summed E-state index contributed by atoms with van der Waals surface area (Å²) < 4.78 is 25.9. The van der Waals surface area contributed by atoms with E-state index in [2.05, 4.69) is 15.3 Å². The molecule has 1 aliphatic heterocycles. The Bertz CT molecular complexity index is 583. The van der Waals surface area contributed by atoms with Crippen LogP contribution in [0.3, 0.4) is 0 Å². The smallest absolute Gasteiger partial charge is 0.216 e. The summed E-state index contributed by atoms with van der Waals surface area (Å²) in [4.78, 5) is 8.11. The molecule has 1 aromatic rings. The van der Waals surface area contributed by atoms with Crippen molar-refractivity contribution < 1.29 is 8.42 Å². The van der Waals surface area contributed by atoms with Gasteiger partial charge in [0.05, 0.1) is 17.6 Å². The topological polar surface area (TPSA) is 75.2 Å². The monoisotopic (exact) mass is 316 g/mol. The summed E-state index contributed by atoms with van der Waals surface area (Å²) >= 11 is 5.79. The Morgan fingerprint density at radius 3 is 2.50 bits per heavy atom. The maximum Gasteiger partial charge on any atom is 0.216 e. The highest BCUT2D eigenvalue weighted by Crippen LogP contribution is 2.32. The third-order valence-corrected chi connectivity index (χ3v) is 6.30. The van der Waals surface area contributed by atoms with E-state index in [0.29, 0.717) is 24.1 Å². The zero-order valence-electron chi connectivity index (χ0n) is 11.0. The number of rotatable bonds is 4. The van der Waals surface area contributed by atoms with Gasteiger partial charge in [-0.3, -0.25) is 4.98 Å². The van der Waals surface area contributed by atoms with Gasteiger partial charge in [0.25, 0.3) is 0 Å². The van der Waals surface area contributed by atoms with Crippen LogP contribution in [0.4, 0.5) is 5.82 Å². The number of sulfonamides is 1. The van der Waals surface area contributed by atoms with Gasteiger partial charge < -0.3 is 5.32 Å². The summed E-state index contributed by atoms with van der Waals surface area (Å²) in [7, 11) is -3.04. The molecule has 2 heterocycles. The summed E-state index contributed by atoms with van der Waals surface area (Å²) in [6, 6.07) is 0.216. The van der Waals surface area contributed by atoms with Gasteiger partial charge in [-0.15, -0.1) is 0 Å². The number of piperidine rings is 1. The lowest BCUT2D eigenvalue weighted by Gasteiger charge is -2.31. The predicted molar refractivity (Wildman–Crippen MR) is 77.2 cm³/mol. The average Bonchev–Trinajstić information content (AvgIpc) is 3.24. The molecule has 1 N–H and O–H groups in total. The Labute approximate surface area is 123 Å². The van der Waals surface area contributed by atoms with Crippen LogP contribution in [0.25, 0.3) is 0 Å². The summed E-state index contributed by atoms with van der Waals surface area (Å²) in [5.74, 6) is 0.640. The lowest BCUT2D eigenvalue weighted by Crippen LogP contribution is -2.43. The Morgan fingerprint density at radius 1 is 1.20 bits per heavy atom. The third-order valence-electron chi connectivity index (χ3n) is 3.72. The minimum absolute atomic E-state index is 0.120. The fourth-order valence-corrected chi connectivity index (χ4v) is 4.47. The molecule has 0 unspecified atom stereocenters. The molecule has 6 nitrogen and oxygen atoms in total. The molecule has 0 spiro atoms. The number of hydrogen-bond acceptors (Lipinski definition) is 5. The normalized spacial score (nSPS) is 21.9. The van der Waals surface area contributed by atoms with Crippen molar-refractivity contribution in [3.63, 3.8) is 0 Å². The van der Waals surface area contributed by atoms with E-state index in [0.717, 1.165) is 25.7 Å². The van der Waals surface area contributed by atoms with E-state index < -0.39 is 10.0 Å². The van der Waals surface area contributed by atoms with Crippen LogP contribution in [-0.4, -0.2) is 47.1 Å². The van der Waals surface area contributed by atoms with Gasteiger partial charge in [-0.25, -0.2) is 17.7 Å². The summed E-state index contributed by atoms with van der Waals surface area (Å²) in [6.07, 6.45) is 6.30. The number of aromatic nitrogens is 2. The highest BCUT2D eigenvalue weighted by Gasteiger charge is 2.41. The minimum Gasteiger partial charge on any atom is -0.366 e. The van der Waals surface area contributed by atoms with Gasteiger partial charge in [0.15, 0.2) is 0 Å². The van der Waals surface area contributed by atoms with Crippen molar-refractivity contribution in [3.05, 3.63) is 17.5 Å². The second-order valence-electron chi connectivity index (χ2n) is 5.29. The molecule has 1 aromatic heterocycles. The van der Waals surface area contributed by atoms with E-state index in [9.17, 15) is 8.42 Å². The van der Waals surface area contributed by atoms with E-state index in [1.54, 1.807) is 10.5 Å². The number of anilines is 1. The second kappa shape index (κ2) is 5.46. The van der Waals surface area contributed by atoms with Crippen LogP contribution in [0, 0.1) is 0 Å². The van der Waals surface area contributed by atoms with Gasteiger partial charge in [-0.1, -0.05) is 11.6 Å². The zero-order valence-corrected chi connectivity index (χ0v) is 12.6. The van der Waals surface area contributed by atoms with Crippen LogP contribution in [0.5, 0.6) is 0 Å². The van der Waals surface area contributed by atoms with Gasteiger partial charge in [-0.2, -0.15) is 0 Å². The average molecular weight is 317 g/mol. The predicted octanol–water partition coefficient (Wildman–Crippen LogP) is 1.50. The molecule has 110 valence electrons. The maximum atomic E-state index is 12.1. The lowest BCUT2D eigenvalue weighted by molar-refractivity contribution is 0.329. The Hall–Kier alpha value is -0.920. The molecular weight excluding hydrogens is 300 g/mol. The SMILES string of the molecule is O=S(=O)(C1CC1)N1CCC(Nc2cncc(Cl)n2)CC1. The largest absolute Gasteiger partial charge is 0.366 e. The third kappa shape index (κ3) is 3.05. The van der Waals surface area contributed by atoms with Gasteiger partial charge in [-0.05, 0) is 25.7 Å². The first kappa shape index (κ1) is 14.0. The molecular formula is C12H17ClN4O2S. The standard InChI is InChI=1S/C12H17ClN4O2S/c13-11-7-14-8-12(16-11)15-9-3-5-17(6-4-9)20(18,19)10-1-2-10/h7-10H,1-6H2,(H,15,16). The van der Waals surface area contributed by atoms with Crippen molar-refractivity contribution in [1.29, 1.82) is 0 Å². The molecule has 1 aliphatic carbocycles. The number of nitrogens with one attached hydrogen (secondary N) is 1. The molecule has 3 rings (SSSR count). The van der Waals surface area contributed by atoms with Crippen molar-refractivity contribution in [2.75, 3.05) is 18.4 Å². The van der Waals surface area contributed by atoms with E-state index in [-0.39, 0.29) is 11.3 Å². The van der Waals surface area contributed by atoms with Crippen LogP contribution in [0.15, 0.2) is 12.4 Å². The fraction of sp³-hybridized carbons (Fsp3) is 0.667. The van der Waals surface area contributed by atoms with E-state index in [4.69, 9.17) is 11.6 Å². The van der Waals surface area contributed by atoms with Crippen molar-refractivity contribution >= 4 is 27.4 Å². The first-order valence-electron chi connectivity index (χ1n) is 6.79. The number of hydrogen-bond donors (Lipinski definition) is 1. The molecule has 2 fully saturated rings. The van der Waals surface area contributed by atoms with Crippen LogP contribution in [0.1, 0.15) is 25.7 Å². The molecule has 0 aromatic carbocycles. The first-order chi connectivity index (χ1) is 9.55. The summed E-state index contributed by atoms with van der Waals surface area (Å²) in [5.41, 5.74) is 0. The van der Waals surface area contributed by atoms with Gasteiger partial charge in [0, 0.05) is 19.1 Å². The summed E-state index contributed by atoms with van der Waals surface area (Å²) in [5, 5.41) is 3.49. The second-order valence-corrected chi connectivity index (χ2v) is 7.89. The van der Waals surface area contributed by atoms with Crippen LogP contribution in [-0.2, 0) is 10.0 Å². The fourth-order valence-electron chi connectivity index (χ4n) is 2.45. The highest BCUT2D eigenvalue weighted by molar-refractivity contribution is 7.90. The molecule has 8 heteroatoms. The lowest BCUT2D eigenvalue weighted by atomic mass is 10.1. The summed E-state index contributed by atoms with van der Waals surface area (Å²) in [6.45, 7) is 1.15. The maximum absolute atomic E-state index is 12.1. The van der Waals surface area contributed by atoms with Crippen molar-refractivity contribution in [1.82, 2.24) is 14.3 Å². The minimum atomic E-state index is -3.04. The highest BCUT2D eigenvalue weighted by atomic mass is 35.5. The van der Waals surface area contributed by atoms with Crippen LogP contribution < -0.4 is 5.32 Å². The molecule has 0 amide bonds. The zero-order chi connectivity index (χ0) is 14.2. The molecule has 1 saturated heterocycles. The van der Waals surface area contributed by atoms with Crippen molar-refractivity contribution in [2.24, 2.45) is 0 Å². The molecule has 0 bridgehead atoms.